The van der Waals surface area contributed by atoms with Crippen molar-refractivity contribution in [3.63, 3.8) is 0 Å². The third kappa shape index (κ3) is 3.92. The van der Waals surface area contributed by atoms with Crippen molar-refractivity contribution >= 4 is 27.3 Å². The molecule has 1 amide bonds. The highest BCUT2D eigenvalue weighted by molar-refractivity contribution is 7.90. The molecule has 2 rings (SSSR count). The molecule has 0 aliphatic heterocycles. The number of rotatable bonds is 4. The van der Waals surface area contributed by atoms with Gasteiger partial charge in [0.25, 0.3) is 10.0 Å². The van der Waals surface area contributed by atoms with Gasteiger partial charge >= 0.3 is 0 Å². The van der Waals surface area contributed by atoms with Crippen LogP contribution in [0.2, 0.25) is 0 Å². The lowest BCUT2D eigenvalue weighted by atomic mass is 9.98. The third-order valence-corrected chi connectivity index (χ3v) is 5.42. The molecule has 22 heavy (non-hydrogen) atoms. The summed E-state index contributed by atoms with van der Waals surface area (Å²) in [4.78, 5) is 16.2. The van der Waals surface area contributed by atoms with E-state index in [0.717, 1.165) is 5.01 Å². The SMILES string of the molecule is Cn1cc(S(=O)(=O)NC(=O)Cc2csc(C(C)(C)C)n2)cn1. The summed E-state index contributed by atoms with van der Waals surface area (Å²) in [5, 5.41) is 6.46. The van der Waals surface area contributed by atoms with E-state index in [2.05, 4.69) is 10.1 Å². The predicted molar refractivity (Wildman–Crippen MR) is 83.1 cm³/mol. The molecule has 9 heteroatoms. The minimum absolute atomic E-state index is 0.0444. The summed E-state index contributed by atoms with van der Waals surface area (Å²) < 4.78 is 27.4. The number of sulfonamides is 1. The second-order valence-corrected chi connectivity index (χ2v) is 8.49. The number of aryl methyl sites for hydroxylation is 1. The highest BCUT2D eigenvalue weighted by Crippen LogP contribution is 2.25. The number of hydrogen-bond donors (Lipinski definition) is 1. The van der Waals surface area contributed by atoms with Crippen molar-refractivity contribution in [1.82, 2.24) is 19.5 Å². The first-order valence-corrected chi connectivity index (χ1v) is 8.93. The molecular weight excluding hydrogens is 324 g/mol. The molecule has 0 aliphatic carbocycles. The number of nitrogens with zero attached hydrogens (tertiary/aromatic N) is 3. The van der Waals surface area contributed by atoms with E-state index < -0.39 is 15.9 Å². The second kappa shape index (κ2) is 5.81. The Morgan fingerprint density at radius 1 is 1.41 bits per heavy atom. The van der Waals surface area contributed by atoms with Gasteiger partial charge in [0.15, 0.2) is 0 Å². The van der Waals surface area contributed by atoms with Crippen LogP contribution in [0.4, 0.5) is 0 Å². The molecule has 1 N–H and O–H groups in total. The molecule has 0 radical (unpaired) electrons. The Bertz CT molecular complexity index is 784. The first-order valence-electron chi connectivity index (χ1n) is 6.57. The summed E-state index contributed by atoms with van der Waals surface area (Å²) in [7, 11) is -2.29. The molecule has 0 unspecified atom stereocenters. The molecule has 0 atom stereocenters. The minimum atomic E-state index is -3.89. The van der Waals surface area contributed by atoms with Crippen molar-refractivity contribution in [2.45, 2.75) is 37.5 Å². The lowest BCUT2D eigenvalue weighted by Gasteiger charge is -2.13. The number of carbonyl (C=O) groups excluding carboxylic acids is 1. The zero-order valence-electron chi connectivity index (χ0n) is 12.8. The molecule has 0 saturated carbocycles. The van der Waals surface area contributed by atoms with Crippen LogP contribution in [0.25, 0.3) is 0 Å². The number of nitrogens with one attached hydrogen (secondary N) is 1. The molecule has 0 bridgehead atoms. The van der Waals surface area contributed by atoms with Gasteiger partial charge in [-0.1, -0.05) is 20.8 Å². The molecule has 0 spiro atoms. The molecule has 0 saturated heterocycles. The van der Waals surface area contributed by atoms with Gasteiger partial charge in [-0.15, -0.1) is 11.3 Å². The summed E-state index contributed by atoms with van der Waals surface area (Å²) in [6.45, 7) is 6.09. The Hall–Kier alpha value is -1.74. The topological polar surface area (TPSA) is 94.0 Å². The van der Waals surface area contributed by atoms with Gasteiger partial charge in [-0.3, -0.25) is 9.48 Å². The van der Waals surface area contributed by atoms with Crippen LogP contribution in [0.5, 0.6) is 0 Å². The molecule has 2 aromatic heterocycles. The minimum Gasteiger partial charge on any atom is -0.274 e. The Kier molecular flexibility index (Phi) is 4.39. The third-order valence-electron chi connectivity index (χ3n) is 2.77. The van der Waals surface area contributed by atoms with Crippen LogP contribution in [-0.2, 0) is 33.7 Å². The summed E-state index contributed by atoms with van der Waals surface area (Å²) in [6, 6.07) is 0. The van der Waals surface area contributed by atoms with Crippen LogP contribution in [-0.4, -0.2) is 29.1 Å². The summed E-state index contributed by atoms with van der Waals surface area (Å²) in [6.07, 6.45) is 2.44. The molecule has 7 nitrogen and oxygen atoms in total. The standard InChI is InChI=1S/C13H18N4O3S2/c1-13(2,3)12-15-9(8-21-12)5-11(18)16-22(19,20)10-6-14-17(4)7-10/h6-8H,5H2,1-4H3,(H,16,18). The highest BCUT2D eigenvalue weighted by atomic mass is 32.2. The van der Waals surface area contributed by atoms with E-state index in [9.17, 15) is 13.2 Å². The summed E-state index contributed by atoms with van der Waals surface area (Å²) in [5.74, 6) is -0.616. The zero-order chi connectivity index (χ0) is 16.5. The van der Waals surface area contributed by atoms with Gasteiger partial charge < -0.3 is 0 Å². The monoisotopic (exact) mass is 342 g/mol. The van der Waals surface area contributed by atoms with Gasteiger partial charge in [-0.25, -0.2) is 18.1 Å². The second-order valence-electron chi connectivity index (χ2n) is 5.95. The van der Waals surface area contributed by atoms with Gasteiger partial charge in [-0.05, 0) is 0 Å². The Labute approximate surface area is 133 Å². The first-order chi connectivity index (χ1) is 10.1. The molecule has 0 aromatic carbocycles. The maximum absolute atomic E-state index is 12.0. The van der Waals surface area contributed by atoms with Gasteiger partial charge in [0, 0.05) is 24.0 Å². The number of hydrogen-bond acceptors (Lipinski definition) is 6. The zero-order valence-corrected chi connectivity index (χ0v) is 14.5. The van der Waals surface area contributed by atoms with Crippen molar-refractivity contribution in [1.29, 1.82) is 0 Å². The van der Waals surface area contributed by atoms with Gasteiger partial charge in [0.05, 0.1) is 23.3 Å². The van der Waals surface area contributed by atoms with Gasteiger partial charge in [-0.2, -0.15) is 5.10 Å². The van der Waals surface area contributed by atoms with E-state index in [1.807, 2.05) is 25.5 Å². The molecule has 0 fully saturated rings. The Morgan fingerprint density at radius 2 is 2.09 bits per heavy atom. The smallest absolute Gasteiger partial charge is 0.267 e. The maximum atomic E-state index is 12.0. The Morgan fingerprint density at radius 3 is 2.59 bits per heavy atom. The number of carbonyl (C=O) groups is 1. The van der Waals surface area contributed by atoms with E-state index in [1.165, 1.54) is 28.4 Å². The number of thiazole rings is 1. The lowest BCUT2D eigenvalue weighted by molar-refractivity contribution is -0.118. The fraction of sp³-hybridized carbons (Fsp3) is 0.462. The molecule has 0 aliphatic rings. The first kappa shape index (κ1) is 16.6. The molecule has 120 valence electrons. The lowest BCUT2D eigenvalue weighted by Crippen LogP contribution is -2.31. The normalized spacial score (nSPS) is 12.4. The molecular formula is C13H18N4O3S2. The fourth-order valence-corrected chi connectivity index (χ4v) is 3.55. The number of amides is 1. The maximum Gasteiger partial charge on any atom is 0.267 e. The van der Waals surface area contributed by atoms with Crippen LogP contribution < -0.4 is 4.72 Å². The van der Waals surface area contributed by atoms with Gasteiger partial charge in [0.1, 0.15) is 4.90 Å². The van der Waals surface area contributed by atoms with Crippen LogP contribution in [0, 0.1) is 0 Å². The number of aromatic nitrogens is 3. The van der Waals surface area contributed by atoms with E-state index in [-0.39, 0.29) is 16.7 Å². The van der Waals surface area contributed by atoms with Gasteiger partial charge in [0.2, 0.25) is 5.91 Å². The van der Waals surface area contributed by atoms with E-state index in [1.54, 1.807) is 12.4 Å². The average molecular weight is 342 g/mol. The van der Waals surface area contributed by atoms with Crippen molar-refractivity contribution in [3.8, 4) is 0 Å². The summed E-state index contributed by atoms with van der Waals surface area (Å²) >= 11 is 1.46. The fourth-order valence-electron chi connectivity index (χ4n) is 1.68. The Balaban J connectivity index is 2.06. The van der Waals surface area contributed by atoms with Crippen molar-refractivity contribution in [2.24, 2.45) is 7.05 Å². The van der Waals surface area contributed by atoms with Crippen LogP contribution in [0.1, 0.15) is 31.5 Å². The predicted octanol–water partition coefficient (Wildman–Crippen LogP) is 1.22. The van der Waals surface area contributed by atoms with E-state index in [0.29, 0.717) is 5.69 Å². The quantitative estimate of drug-likeness (QED) is 0.901. The van der Waals surface area contributed by atoms with E-state index in [4.69, 9.17) is 0 Å². The van der Waals surface area contributed by atoms with Crippen LogP contribution >= 0.6 is 11.3 Å². The average Bonchev–Trinajstić information content (AvgIpc) is 2.96. The summed E-state index contributed by atoms with van der Waals surface area (Å²) in [5.41, 5.74) is 0.468. The van der Waals surface area contributed by atoms with Crippen molar-refractivity contribution in [2.75, 3.05) is 0 Å². The molecule has 2 heterocycles. The highest BCUT2D eigenvalue weighted by Gasteiger charge is 2.22. The van der Waals surface area contributed by atoms with Crippen molar-refractivity contribution in [3.05, 3.63) is 28.5 Å². The largest absolute Gasteiger partial charge is 0.274 e. The molecule has 2 aromatic rings. The van der Waals surface area contributed by atoms with Crippen LogP contribution in [0.15, 0.2) is 22.7 Å². The van der Waals surface area contributed by atoms with E-state index >= 15 is 0 Å². The van der Waals surface area contributed by atoms with Crippen molar-refractivity contribution < 1.29 is 13.2 Å². The van der Waals surface area contributed by atoms with Crippen LogP contribution in [0.3, 0.4) is 0 Å².